The summed E-state index contributed by atoms with van der Waals surface area (Å²) in [7, 11) is 0. The Morgan fingerprint density at radius 2 is 2.08 bits per heavy atom. The summed E-state index contributed by atoms with van der Waals surface area (Å²) in [4.78, 5) is 0.166. The number of halogens is 4. The molecule has 0 spiro atoms. The molecule has 0 saturated carbocycles. The van der Waals surface area contributed by atoms with Crippen LogP contribution < -0.4 is 5.73 Å². The summed E-state index contributed by atoms with van der Waals surface area (Å²) in [6, 6.07) is -1.87. The summed E-state index contributed by atoms with van der Waals surface area (Å²) >= 11 is 4.16. The Morgan fingerprint density at radius 1 is 1.54 bits per heavy atom. The van der Waals surface area contributed by atoms with E-state index in [-0.39, 0.29) is 4.88 Å². The van der Waals surface area contributed by atoms with E-state index in [4.69, 9.17) is 5.73 Å². The maximum Gasteiger partial charge on any atom is 0.408 e. The molecule has 1 nitrogen and oxygen atoms in total. The van der Waals surface area contributed by atoms with Crippen LogP contribution in [0.15, 0.2) is 9.85 Å². The molecule has 1 heterocycles. The molecule has 0 saturated heterocycles. The van der Waals surface area contributed by atoms with E-state index in [1.807, 2.05) is 0 Å². The summed E-state index contributed by atoms with van der Waals surface area (Å²) < 4.78 is 37.2. The number of nitrogens with two attached hydrogens (primary N) is 1. The summed E-state index contributed by atoms with van der Waals surface area (Å²) in [6.45, 7) is 1.61. The van der Waals surface area contributed by atoms with Gasteiger partial charge in [0, 0.05) is 14.7 Å². The maximum absolute atomic E-state index is 12.2. The topological polar surface area (TPSA) is 26.0 Å². The molecule has 13 heavy (non-hydrogen) atoms. The lowest BCUT2D eigenvalue weighted by Gasteiger charge is -2.14. The van der Waals surface area contributed by atoms with Gasteiger partial charge in [0.25, 0.3) is 0 Å². The average Bonchev–Trinajstić information content (AvgIpc) is 2.30. The maximum atomic E-state index is 12.2. The second-order valence-corrected chi connectivity index (χ2v) is 4.36. The quantitative estimate of drug-likeness (QED) is 0.834. The van der Waals surface area contributed by atoms with Crippen molar-refractivity contribution in [3.8, 4) is 0 Å². The molecule has 1 atom stereocenters. The fourth-order valence-electron chi connectivity index (χ4n) is 0.865. The minimum absolute atomic E-state index is 0.166. The first-order valence-electron chi connectivity index (χ1n) is 3.40. The highest BCUT2D eigenvalue weighted by molar-refractivity contribution is 9.10. The molecular weight excluding hydrogens is 267 g/mol. The van der Waals surface area contributed by atoms with Gasteiger partial charge in [-0.15, -0.1) is 11.3 Å². The van der Waals surface area contributed by atoms with E-state index in [0.29, 0.717) is 10.0 Å². The second-order valence-electron chi connectivity index (χ2n) is 2.59. The van der Waals surface area contributed by atoms with Crippen molar-refractivity contribution < 1.29 is 13.2 Å². The minimum atomic E-state index is -4.37. The molecule has 0 aliphatic carbocycles. The molecule has 0 fully saturated rings. The molecule has 0 aliphatic rings. The summed E-state index contributed by atoms with van der Waals surface area (Å²) in [5.41, 5.74) is 5.62. The lowest BCUT2D eigenvalue weighted by molar-refractivity contribution is -0.148. The zero-order valence-corrected chi connectivity index (χ0v) is 9.05. The Bertz CT molecular complexity index is 307. The molecule has 1 rings (SSSR count). The fourth-order valence-corrected chi connectivity index (χ4v) is 2.46. The molecule has 74 valence electrons. The Morgan fingerprint density at radius 3 is 2.38 bits per heavy atom. The van der Waals surface area contributed by atoms with Gasteiger partial charge in [-0.05, 0) is 28.4 Å². The van der Waals surface area contributed by atoms with E-state index in [1.165, 1.54) is 0 Å². The van der Waals surface area contributed by atoms with Crippen molar-refractivity contribution in [3.63, 3.8) is 0 Å². The van der Waals surface area contributed by atoms with Crippen LogP contribution in [0.2, 0.25) is 0 Å². The SMILES string of the molecule is Cc1c(Br)csc1C(N)C(F)(F)F. The molecule has 0 bridgehead atoms. The molecule has 0 aliphatic heterocycles. The van der Waals surface area contributed by atoms with E-state index in [1.54, 1.807) is 12.3 Å². The van der Waals surface area contributed by atoms with Gasteiger partial charge in [0.1, 0.15) is 6.04 Å². The summed E-state index contributed by atoms with van der Waals surface area (Å²) in [6.07, 6.45) is -4.37. The van der Waals surface area contributed by atoms with Crippen LogP contribution in [0.25, 0.3) is 0 Å². The van der Waals surface area contributed by atoms with E-state index < -0.39 is 12.2 Å². The van der Waals surface area contributed by atoms with Gasteiger partial charge in [0.2, 0.25) is 0 Å². The average molecular weight is 274 g/mol. The molecule has 0 aromatic carbocycles. The first kappa shape index (κ1) is 11.0. The highest BCUT2D eigenvalue weighted by Gasteiger charge is 2.39. The van der Waals surface area contributed by atoms with Crippen LogP contribution in [-0.4, -0.2) is 6.18 Å². The first-order chi connectivity index (χ1) is 5.84. The van der Waals surface area contributed by atoms with Crippen LogP contribution in [0.5, 0.6) is 0 Å². The highest BCUT2D eigenvalue weighted by Crippen LogP contribution is 2.38. The van der Waals surface area contributed by atoms with Crippen molar-refractivity contribution in [1.82, 2.24) is 0 Å². The van der Waals surface area contributed by atoms with Crippen LogP contribution in [0.3, 0.4) is 0 Å². The van der Waals surface area contributed by atoms with E-state index in [2.05, 4.69) is 15.9 Å². The third-order valence-corrected chi connectivity index (χ3v) is 3.95. The monoisotopic (exact) mass is 273 g/mol. The Balaban J connectivity index is 3.02. The van der Waals surface area contributed by atoms with Crippen molar-refractivity contribution in [2.24, 2.45) is 5.73 Å². The van der Waals surface area contributed by atoms with E-state index in [9.17, 15) is 13.2 Å². The van der Waals surface area contributed by atoms with Crippen LogP contribution in [0.1, 0.15) is 16.5 Å². The number of hydrogen-bond donors (Lipinski definition) is 1. The lowest BCUT2D eigenvalue weighted by Crippen LogP contribution is -2.28. The lowest BCUT2D eigenvalue weighted by atomic mass is 10.2. The largest absolute Gasteiger partial charge is 0.408 e. The van der Waals surface area contributed by atoms with Crippen LogP contribution in [0, 0.1) is 6.92 Å². The van der Waals surface area contributed by atoms with E-state index >= 15 is 0 Å². The van der Waals surface area contributed by atoms with Crippen molar-refractivity contribution >= 4 is 27.3 Å². The van der Waals surface area contributed by atoms with Gasteiger partial charge in [0.05, 0.1) is 0 Å². The third kappa shape index (κ3) is 2.24. The predicted molar refractivity (Wildman–Crippen MR) is 49.7 cm³/mol. The molecule has 0 amide bonds. The van der Waals surface area contributed by atoms with Gasteiger partial charge in [0.15, 0.2) is 0 Å². The Kier molecular flexibility index (Phi) is 3.04. The van der Waals surface area contributed by atoms with Gasteiger partial charge in [-0.2, -0.15) is 13.2 Å². The van der Waals surface area contributed by atoms with E-state index in [0.717, 1.165) is 11.3 Å². The van der Waals surface area contributed by atoms with Gasteiger partial charge in [-0.3, -0.25) is 0 Å². The molecule has 0 radical (unpaired) electrons. The molecule has 1 aromatic heterocycles. The van der Waals surface area contributed by atoms with Crippen molar-refractivity contribution in [2.75, 3.05) is 0 Å². The number of thiophene rings is 1. The minimum Gasteiger partial charge on any atom is -0.316 e. The van der Waals surface area contributed by atoms with Gasteiger partial charge in [-0.25, -0.2) is 0 Å². The number of alkyl halides is 3. The van der Waals surface area contributed by atoms with Crippen LogP contribution in [-0.2, 0) is 0 Å². The molecule has 1 unspecified atom stereocenters. The predicted octanol–water partition coefficient (Wildman–Crippen LogP) is 3.38. The molecular formula is C7H7BrF3NS. The zero-order valence-electron chi connectivity index (χ0n) is 6.65. The highest BCUT2D eigenvalue weighted by atomic mass is 79.9. The first-order valence-corrected chi connectivity index (χ1v) is 5.07. The van der Waals surface area contributed by atoms with Crippen molar-refractivity contribution in [3.05, 3.63) is 20.3 Å². The summed E-state index contributed by atoms with van der Waals surface area (Å²) in [5.74, 6) is 0. The van der Waals surface area contributed by atoms with Gasteiger partial charge < -0.3 is 5.73 Å². The zero-order chi connectivity index (χ0) is 10.2. The smallest absolute Gasteiger partial charge is 0.316 e. The normalized spacial score (nSPS) is 14.6. The summed E-state index contributed by atoms with van der Waals surface area (Å²) in [5, 5.41) is 1.61. The second kappa shape index (κ2) is 3.59. The molecule has 1 aromatic rings. The van der Waals surface area contributed by atoms with Gasteiger partial charge >= 0.3 is 6.18 Å². The molecule has 6 heteroatoms. The van der Waals surface area contributed by atoms with Gasteiger partial charge in [-0.1, -0.05) is 0 Å². The number of hydrogen-bond acceptors (Lipinski definition) is 2. The van der Waals surface area contributed by atoms with Crippen LogP contribution >= 0.6 is 27.3 Å². The Labute approximate surface area is 85.9 Å². The number of rotatable bonds is 1. The third-order valence-electron chi connectivity index (χ3n) is 1.65. The standard InChI is InChI=1S/C7H7BrF3NS/c1-3-4(8)2-13-5(3)6(12)7(9,10)11/h2,6H,12H2,1H3. The van der Waals surface area contributed by atoms with Crippen LogP contribution in [0.4, 0.5) is 13.2 Å². The fraction of sp³-hybridized carbons (Fsp3) is 0.429. The van der Waals surface area contributed by atoms with Crippen molar-refractivity contribution in [2.45, 2.75) is 19.1 Å². The Hall–Kier alpha value is -0.0700. The molecule has 2 N–H and O–H groups in total. The van der Waals surface area contributed by atoms with Crippen molar-refractivity contribution in [1.29, 1.82) is 0 Å².